The number of piperidine rings is 1. The molecule has 1 fully saturated rings. The van der Waals surface area contributed by atoms with Crippen LogP contribution in [0.15, 0.2) is 24.3 Å². The topological polar surface area (TPSA) is 41.1 Å². The Morgan fingerprint density at radius 2 is 2.11 bits per heavy atom. The van der Waals surface area contributed by atoms with Crippen molar-refractivity contribution in [2.24, 2.45) is 0 Å². The van der Waals surface area contributed by atoms with E-state index in [2.05, 4.69) is 23.6 Å². The van der Waals surface area contributed by atoms with Crippen molar-refractivity contribution < 1.29 is 4.79 Å². The largest absolute Gasteiger partial charge is 0.351 e. The average Bonchev–Trinajstić information content (AvgIpc) is 2.40. The van der Waals surface area contributed by atoms with Crippen molar-refractivity contribution in [3.8, 4) is 0 Å². The minimum atomic E-state index is -0.483. The van der Waals surface area contributed by atoms with Crippen LogP contribution in [0.3, 0.4) is 0 Å². The molecule has 104 valence electrons. The van der Waals surface area contributed by atoms with E-state index in [1.165, 1.54) is 5.56 Å². The van der Waals surface area contributed by atoms with Gasteiger partial charge in [0.25, 0.3) is 0 Å². The number of benzene rings is 1. The second kappa shape index (κ2) is 5.74. The van der Waals surface area contributed by atoms with E-state index < -0.39 is 5.41 Å². The predicted molar refractivity (Wildman–Crippen MR) is 78.2 cm³/mol. The minimum absolute atomic E-state index is 0.121. The van der Waals surface area contributed by atoms with Gasteiger partial charge in [0.1, 0.15) is 0 Å². The number of aryl methyl sites for hydroxylation is 1. The fourth-order valence-electron chi connectivity index (χ4n) is 2.74. The maximum absolute atomic E-state index is 12.5. The zero-order chi connectivity index (χ0) is 13.9. The van der Waals surface area contributed by atoms with E-state index in [0.29, 0.717) is 0 Å². The first-order valence-electron chi connectivity index (χ1n) is 7.09. The summed E-state index contributed by atoms with van der Waals surface area (Å²) in [5.41, 5.74) is 1.80. The smallest absolute Gasteiger partial charge is 0.230 e. The van der Waals surface area contributed by atoms with Gasteiger partial charge in [0, 0.05) is 12.6 Å². The van der Waals surface area contributed by atoms with E-state index in [1.807, 2.05) is 32.0 Å². The number of carbonyl (C=O) groups excluding carboxylic acids is 1. The van der Waals surface area contributed by atoms with Crippen LogP contribution in [-0.2, 0) is 10.2 Å². The van der Waals surface area contributed by atoms with Crippen LogP contribution in [0.2, 0.25) is 0 Å². The average molecular weight is 260 g/mol. The van der Waals surface area contributed by atoms with E-state index in [0.717, 1.165) is 31.5 Å². The summed E-state index contributed by atoms with van der Waals surface area (Å²) < 4.78 is 0. The van der Waals surface area contributed by atoms with Gasteiger partial charge in [-0.25, -0.2) is 0 Å². The molecule has 1 aliphatic heterocycles. The van der Waals surface area contributed by atoms with Crippen molar-refractivity contribution in [1.82, 2.24) is 10.6 Å². The van der Waals surface area contributed by atoms with Crippen LogP contribution < -0.4 is 10.6 Å². The maximum atomic E-state index is 12.5. The molecule has 1 saturated heterocycles. The fourth-order valence-corrected chi connectivity index (χ4v) is 2.74. The molecule has 0 bridgehead atoms. The number of hydrogen-bond acceptors (Lipinski definition) is 2. The summed E-state index contributed by atoms with van der Waals surface area (Å²) in [6.07, 6.45) is 2.21. The van der Waals surface area contributed by atoms with Crippen molar-refractivity contribution in [3.05, 3.63) is 35.4 Å². The molecule has 2 N–H and O–H groups in total. The van der Waals surface area contributed by atoms with E-state index >= 15 is 0 Å². The highest BCUT2D eigenvalue weighted by molar-refractivity contribution is 5.88. The molecule has 1 aromatic carbocycles. The standard InChI is InChI=1S/C16H24N2O/c1-12-7-4-5-9-14(12)16(2,3)15(19)18-13-8-6-10-17-11-13/h4-5,7,9,13,17H,6,8,10-11H2,1-3H3,(H,18,19)/t13-/m0/s1. The third-order valence-corrected chi connectivity index (χ3v) is 4.02. The lowest BCUT2D eigenvalue weighted by atomic mass is 9.81. The number of amides is 1. The van der Waals surface area contributed by atoms with E-state index in [1.54, 1.807) is 0 Å². The molecule has 1 atom stereocenters. The molecular formula is C16H24N2O. The van der Waals surface area contributed by atoms with Gasteiger partial charge in [-0.3, -0.25) is 4.79 Å². The van der Waals surface area contributed by atoms with Crippen LogP contribution in [0, 0.1) is 6.92 Å². The molecule has 1 aromatic rings. The number of rotatable bonds is 3. The van der Waals surface area contributed by atoms with Crippen molar-refractivity contribution >= 4 is 5.91 Å². The van der Waals surface area contributed by atoms with Crippen molar-refractivity contribution in [3.63, 3.8) is 0 Å². The Kier molecular flexibility index (Phi) is 4.25. The molecule has 0 aliphatic carbocycles. The van der Waals surface area contributed by atoms with E-state index in [-0.39, 0.29) is 11.9 Å². The molecule has 0 spiro atoms. The van der Waals surface area contributed by atoms with Crippen molar-refractivity contribution in [2.45, 2.75) is 45.1 Å². The summed E-state index contributed by atoms with van der Waals surface area (Å²) in [6.45, 7) is 8.01. The van der Waals surface area contributed by atoms with Gasteiger partial charge in [-0.2, -0.15) is 0 Å². The molecule has 3 heteroatoms. The third kappa shape index (κ3) is 3.16. The van der Waals surface area contributed by atoms with Gasteiger partial charge in [0.2, 0.25) is 5.91 Å². The van der Waals surface area contributed by atoms with E-state index in [9.17, 15) is 4.79 Å². The van der Waals surface area contributed by atoms with Crippen LogP contribution in [0.5, 0.6) is 0 Å². The normalized spacial score (nSPS) is 20.1. The molecule has 0 saturated carbocycles. The summed E-state index contributed by atoms with van der Waals surface area (Å²) in [7, 11) is 0. The van der Waals surface area contributed by atoms with Gasteiger partial charge in [-0.1, -0.05) is 24.3 Å². The van der Waals surface area contributed by atoms with Gasteiger partial charge in [0.05, 0.1) is 5.41 Å². The molecule has 0 radical (unpaired) electrons. The second-order valence-corrected chi connectivity index (χ2v) is 5.96. The summed E-state index contributed by atoms with van der Waals surface area (Å²) in [5.74, 6) is 0.121. The maximum Gasteiger partial charge on any atom is 0.230 e. The number of carbonyl (C=O) groups is 1. The van der Waals surface area contributed by atoms with Crippen LogP contribution in [0.1, 0.15) is 37.8 Å². The van der Waals surface area contributed by atoms with Crippen LogP contribution >= 0.6 is 0 Å². The monoisotopic (exact) mass is 260 g/mol. The third-order valence-electron chi connectivity index (χ3n) is 4.02. The SMILES string of the molecule is Cc1ccccc1C(C)(C)C(=O)N[C@H]1CCCNC1. The van der Waals surface area contributed by atoms with Gasteiger partial charge in [-0.15, -0.1) is 0 Å². The van der Waals surface area contributed by atoms with Crippen LogP contribution in [-0.4, -0.2) is 25.0 Å². The molecule has 0 unspecified atom stereocenters. The Bertz CT molecular complexity index is 448. The number of hydrogen-bond donors (Lipinski definition) is 2. The first-order valence-corrected chi connectivity index (χ1v) is 7.09. The highest BCUT2D eigenvalue weighted by Crippen LogP contribution is 2.26. The van der Waals surface area contributed by atoms with Crippen LogP contribution in [0.4, 0.5) is 0 Å². The Balaban J connectivity index is 2.10. The van der Waals surface area contributed by atoms with Crippen molar-refractivity contribution in [1.29, 1.82) is 0 Å². The number of nitrogens with one attached hydrogen (secondary N) is 2. The fraction of sp³-hybridized carbons (Fsp3) is 0.562. The van der Waals surface area contributed by atoms with E-state index in [4.69, 9.17) is 0 Å². The van der Waals surface area contributed by atoms with Gasteiger partial charge < -0.3 is 10.6 Å². The lowest BCUT2D eigenvalue weighted by molar-refractivity contribution is -0.126. The zero-order valence-corrected chi connectivity index (χ0v) is 12.1. The lowest BCUT2D eigenvalue weighted by Gasteiger charge is -2.30. The molecule has 2 rings (SSSR count). The van der Waals surface area contributed by atoms with Crippen LogP contribution in [0.25, 0.3) is 0 Å². The molecule has 0 aromatic heterocycles. The first kappa shape index (κ1) is 14.1. The summed E-state index contributed by atoms with van der Waals surface area (Å²) >= 11 is 0. The summed E-state index contributed by atoms with van der Waals surface area (Å²) in [5, 5.41) is 6.51. The molecule has 19 heavy (non-hydrogen) atoms. The highest BCUT2D eigenvalue weighted by atomic mass is 16.2. The second-order valence-electron chi connectivity index (χ2n) is 5.96. The Morgan fingerprint density at radius 3 is 2.74 bits per heavy atom. The molecule has 3 nitrogen and oxygen atoms in total. The zero-order valence-electron chi connectivity index (χ0n) is 12.1. The van der Waals surface area contributed by atoms with Gasteiger partial charge in [0.15, 0.2) is 0 Å². The Morgan fingerprint density at radius 1 is 1.37 bits per heavy atom. The Labute approximate surface area is 115 Å². The quantitative estimate of drug-likeness (QED) is 0.874. The Hall–Kier alpha value is -1.35. The summed E-state index contributed by atoms with van der Waals surface area (Å²) in [4.78, 5) is 12.5. The highest BCUT2D eigenvalue weighted by Gasteiger charge is 2.32. The summed E-state index contributed by atoms with van der Waals surface area (Å²) in [6, 6.07) is 8.39. The lowest BCUT2D eigenvalue weighted by Crippen LogP contribution is -2.50. The molecule has 1 heterocycles. The molecule has 1 aliphatic rings. The van der Waals surface area contributed by atoms with Gasteiger partial charge >= 0.3 is 0 Å². The first-order chi connectivity index (χ1) is 9.01. The van der Waals surface area contributed by atoms with Crippen molar-refractivity contribution in [2.75, 3.05) is 13.1 Å². The van der Waals surface area contributed by atoms with Gasteiger partial charge in [-0.05, 0) is 51.3 Å². The minimum Gasteiger partial charge on any atom is -0.351 e. The molecule has 1 amide bonds. The predicted octanol–water partition coefficient (Wildman–Crippen LogP) is 2.14. The molecular weight excluding hydrogens is 236 g/mol.